The number of hydrogen-bond donors (Lipinski definition) is 1. The summed E-state index contributed by atoms with van der Waals surface area (Å²) in [6.07, 6.45) is 0. The Balaban J connectivity index is 2.65. The lowest BCUT2D eigenvalue weighted by Crippen LogP contribution is -2.14. The van der Waals surface area contributed by atoms with Gasteiger partial charge in [0.25, 0.3) is 0 Å². The van der Waals surface area contributed by atoms with Gasteiger partial charge in [-0.25, -0.2) is 18.2 Å². The van der Waals surface area contributed by atoms with Gasteiger partial charge in [-0.05, 0) is 32.9 Å². The van der Waals surface area contributed by atoms with Gasteiger partial charge in [-0.3, -0.25) is 0 Å². The molecule has 0 saturated carbocycles. The van der Waals surface area contributed by atoms with E-state index in [2.05, 4.69) is 15.3 Å². The van der Waals surface area contributed by atoms with Crippen LogP contribution in [0, 0.1) is 20.8 Å². The van der Waals surface area contributed by atoms with E-state index in [9.17, 15) is 8.42 Å². The van der Waals surface area contributed by atoms with Crippen molar-refractivity contribution in [3.63, 3.8) is 0 Å². The second kappa shape index (κ2) is 4.14. The molecule has 0 atom stereocenters. The summed E-state index contributed by atoms with van der Waals surface area (Å²) in [6.45, 7) is 5.03. The second-order valence-electron chi connectivity index (χ2n) is 3.99. The Hall–Kier alpha value is -1.80. The number of sulfonamides is 1. The van der Waals surface area contributed by atoms with Crippen LogP contribution >= 0.6 is 0 Å². The molecule has 0 aliphatic rings. The van der Waals surface area contributed by atoms with Crippen molar-refractivity contribution in [2.24, 2.45) is 5.14 Å². The molecule has 2 rings (SSSR count). The lowest BCUT2D eigenvalue weighted by atomic mass is 10.4. The molecule has 8 heteroatoms. The largest absolute Gasteiger partial charge is 0.241 e. The number of nitrogens with zero attached hydrogens (tertiary/aromatic N) is 4. The van der Waals surface area contributed by atoms with E-state index in [0.29, 0.717) is 17.2 Å². The van der Waals surface area contributed by atoms with Gasteiger partial charge in [-0.2, -0.15) is 10.2 Å². The van der Waals surface area contributed by atoms with Gasteiger partial charge >= 0.3 is 0 Å². The van der Waals surface area contributed by atoms with E-state index in [1.165, 1.54) is 4.68 Å². The van der Waals surface area contributed by atoms with Crippen LogP contribution in [-0.4, -0.2) is 28.4 Å². The maximum absolute atomic E-state index is 11.5. The summed E-state index contributed by atoms with van der Waals surface area (Å²) in [5.74, 6) is 0.455. The summed E-state index contributed by atoms with van der Waals surface area (Å²) in [5.41, 5.74) is 1.54. The Morgan fingerprint density at radius 3 is 2.28 bits per heavy atom. The van der Waals surface area contributed by atoms with E-state index >= 15 is 0 Å². The van der Waals surface area contributed by atoms with Gasteiger partial charge in [0.1, 0.15) is 4.90 Å². The molecule has 0 aliphatic heterocycles. The third-order valence-electron chi connectivity index (χ3n) is 2.51. The molecule has 7 nitrogen and oxygen atoms in total. The Kier molecular flexibility index (Phi) is 2.91. The van der Waals surface area contributed by atoms with Crippen molar-refractivity contribution in [2.45, 2.75) is 25.7 Å². The molecule has 0 unspecified atom stereocenters. The molecule has 0 spiro atoms. The molecule has 0 saturated heterocycles. The molecular weight excluding hydrogens is 254 g/mol. The average molecular weight is 267 g/mol. The van der Waals surface area contributed by atoms with Crippen molar-refractivity contribution in [1.29, 1.82) is 0 Å². The number of nitrogens with two attached hydrogens (primary N) is 1. The van der Waals surface area contributed by atoms with E-state index < -0.39 is 10.0 Å². The number of hydrogen-bond acceptors (Lipinski definition) is 5. The van der Waals surface area contributed by atoms with Crippen LogP contribution in [-0.2, 0) is 10.0 Å². The summed E-state index contributed by atoms with van der Waals surface area (Å²) < 4.78 is 24.3. The topological polar surface area (TPSA) is 104 Å². The molecule has 96 valence electrons. The van der Waals surface area contributed by atoms with Crippen molar-refractivity contribution >= 4 is 10.0 Å². The zero-order valence-corrected chi connectivity index (χ0v) is 11.1. The number of rotatable bonds is 2. The van der Waals surface area contributed by atoms with Crippen LogP contribution in [0.1, 0.15) is 17.1 Å². The SMILES string of the molecule is Cc1ccc(-n2nc(C)c(S(N)(=O)=O)c2C)nn1. The molecular formula is C10H13N5O2S. The second-order valence-corrected chi connectivity index (χ2v) is 5.49. The minimum atomic E-state index is -3.79. The number of aryl methyl sites for hydroxylation is 2. The Bertz CT molecular complexity index is 688. The highest BCUT2D eigenvalue weighted by molar-refractivity contribution is 7.89. The average Bonchev–Trinajstić information content (AvgIpc) is 2.54. The highest BCUT2D eigenvalue weighted by Gasteiger charge is 2.22. The zero-order chi connectivity index (χ0) is 13.5. The van der Waals surface area contributed by atoms with Crippen molar-refractivity contribution in [2.75, 3.05) is 0 Å². The summed E-state index contributed by atoms with van der Waals surface area (Å²) in [6, 6.07) is 3.49. The molecule has 0 bridgehead atoms. The van der Waals surface area contributed by atoms with Crippen LogP contribution in [0.15, 0.2) is 17.0 Å². The van der Waals surface area contributed by atoms with Crippen LogP contribution in [0.2, 0.25) is 0 Å². The van der Waals surface area contributed by atoms with Crippen molar-refractivity contribution in [3.05, 3.63) is 29.2 Å². The molecule has 0 aliphatic carbocycles. The van der Waals surface area contributed by atoms with E-state index in [4.69, 9.17) is 5.14 Å². The van der Waals surface area contributed by atoms with E-state index in [1.54, 1.807) is 26.0 Å². The van der Waals surface area contributed by atoms with Crippen LogP contribution < -0.4 is 5.14 Å². The van der Waals surface area contributed by atoms with Gasteiger partial charge < -0.3 is 0 Å². The van der Waals surface area contributed by atoms with Crippen molar-refractivity contribution in [1.82, 2.24) is 20.0 Å². The molecule has 2 heterocycles. The van der Waals surface area contributed by atoms with Gasteiger partial charge in [0.2, 0.25) is 10.0 Å². The lowest BCUT2D eigenvalue weighted by Gasteiger charge is -2.03. The molecule has 2 N–H and O–H groups in total. The standard InChI is InChI=1S/C10H13N5O2S/c1-6-4-5-9(13-12-6)15-8(3)10(7(2)14-15)18(11,16)17/h4-5H,1-3H3,(H2,11,16,17). The Morgan fingerprint density at radius 2 is 1.83 bits per heavy atom. The molecule has 18 heavy (non-hydrogen) atoms. The maximum atomic E-state index is 11.5. The Morgan fingerprint density at radius 1 is 1.17 bits per heavy atom. The molecule has 0 radical (unpaired) electrons. The van der Waals surface area contributed by atoms with E-state index in [-0.39, 0.29) is 4.90 Å². The number of primary sulfonamides is 1. The molecule has 0 amide bonds. The van der Waals surface area contributed by atoms with Gasteiger partial charge in [-0.15, -0.1) is 5.10 Å². The first-order valence-corrected chi connectivity index (χ1v) is 6.75. The number of aromatic nitrogens is 4. The lowest BCUT2D eigenvalue weighted by molar-refractivity contribution is 0.596. The monoisotopic (exact) mass is 267 g/mol. The molecule has 0 aromatic carbocycles. The quantitative estimate of drug-likeness (QED) is 0.839. The highest BCUT2D eigenvalue weighted by Crippen LogP contribution is 2.19. The molecule has 2 aromatic rings. The normalized spacial score (nSPS) is 11.8. The van der Waals surface area contributed by atoms with Crippen LogP contribution in [0.25, 0.3) is 5.82 Å². The molecule has 0 fully saturated rings. The summed E-state index contributed by atoms with van der Waals surface area (Å²) in [4.78, 5) is 0.0323. The van der Waals surface area contributed by atoms with Crippen LogP contribution in [0.4, 0.5) is 0 Å². The van der Waals surface area contributed by atoms with Gasteiger partial charge in [-0.1, -0.05) is 0 Å². The van der Waals surface area contributed by atoms with Crippen molar-refractivity contribution < 1.29 is 8.42 Å². The summed E-state index contributed by atoms with van der Waals surface area (Å²) in [7, 11) is -3.79. The fourth-order valence-electron chi connectivity index (χ4n) is 1.77. The van der Waals surface area contributed by atoms with Gasteiger partial charge in [0.15, 0.2) is 5.82 Å². The minimum absolute atomic E-state index is 0.0323. The Labute approximate surface area is 105 Å². The van der Waals surface area contributed by atoms with Crippen molar-refractivity contribution in [3.8, 4) is 5.82 Å². The van der Waals surface area contributed by atoms with E-state index in [0.717, 1.165) is 5.69 Å². The van der Waals surface area contributed by atoms with Crippen LogP contribution in [0.3, 0.4) is 0 Å². The van der Waals surface area contributed by atoms with E-state index in [1.807, 2.05) is 6.92 Å². The highest BCUT2D eigenvalue weighted by atomic mass is 32.2. The predicted molar refractivity (Wildman–Crippen MR) is 64.7 cm³/mol. The van der Waals surface area contributed by atoms with Gasteiger partial charge in [0.05, 0.1) is 17.1 Å². The predicted octanol–water partition coefficient (Wildman–Crippen LogP) is 0.235. The smallest absolute Gasteiger partial charge is 0.225 e. The molecule has 2 aromatic heterocycles. The zero-order valence-electron chi connectivity index (χ0n) is 10.2. The first kappa shape index (κ1) is 12.7. The van der Waals surface area contributed by atoms with Gasteiger partial charge in [0, 0.05) is 0 Å². The third-order valence-corrected chi connectivity index (χ3v) is 3.67. The minimum Gasteiger partial charge on any atom is -0.225 e. The summed E-state index contributed by atoms with van der Waals surface area (Å²) >= 11 is 0. The maximum Gasteiger partial charge on any atom is 0.241 e. The fourth-order valence-corrected chi connectivity index (χ4v) is 2.72. The fraction of sp³-hybridized carbons (Fsp3) is 0.300. The summed E-state index contributed by atoms with van der Waals surface area (Å²) in [5, 5.41) is 17.2. The third kappa shape index (κ3) is 2.12. The first-order chi connectivity index (χ1) is 8.30. The van der Waals surface area contributed by atoms with Crippen LogP contribution in [0.5, 0.6) is 0 Å². The first-order valence-electron chi connectivity index (χ1n) is 5.20.